The third-order valence-electron chi connectivity index (χ3n) is 2.47. The maximum Gasteiger partial charge on any atom is 0.417 e. The lowest BCUT2D eigenvalue weighted by molar-refractivity contribution is -0.137. The van der Waals surface area contributed by atoms with E-state index in [0.717, 1.165) is 11.8 Å². The van der Waals surface area contributed by atoms with Gasteiger partial charge in [0.2, 0.25) is 5.88 Å². The molecule has 0 radical (unpaired) electrons. The predicted molar refractivity (Wildman–Crippen MR) is 70.7 cm³/mol. The lowest BCUT2D eigenvalue weighted by Crippen LogP contribution is -2.17. The molecule has 0 spiro atoms. The van der Waals surface area contributed by atoms with Crippen molar-refractivity contribution in [2.75, 3.05) is 0 Å². The van der Waals surface area contributed by atoms with Crippen LogP contribution >= 0.6 is 12.2 Å². The maximum atomic E-state index is 12.9. The molecular formula is C12H10F3N3OS. The number of nitrogens with zero attached hydrogens (tertiary/aromatic N) is 1. The number of aryl methyl sites for hydroxylation is 1. The summed E-state index contributed by atoms with van der Waals surface area (Å²) in [6.07, 6.45) is -4.57. The van der Waals surface area contributed by atoms with E-state index in [0.29, 0.717) is 0 Å². The van der Waals surface area contributed by atoms with Gasteiger partial charge in [-0.3, -0.25) is 5.10 Å². The van der Waals surface area contributed by atoms with E-state index < -0.39 is 11.7 Å². The number of benzene rings is 1. The number of hydrogen-bond acceptors (Lipinski definition) is 3. The molecule has 1 heterocycles. The summed E-state index contributed by atoms with van der Waals surface area (Å²) < 4.78 is 44.1. The van der Waals surface area contributed by atoms with E-state index in [1.807, 2.05) is 0 Å². The van der Waals surface area contributed by atoms with E-state index in [2.05, 4.69) is 22.4 Å². The Balaban J connectivity index is 2.39. The molecule has 20 heavy (non-hydrogen) atoms. The smallest absolute Gasteiger partial charge is 0.417 e. The fraction of sp³-hybridized carbons (Fsp3) is 0.167. The highest BCUT2D eigenvalue weighted by Crippen LogP contribution is 2.35. The van der Waals surface area contributed by atoms with Gasteiger partial charge in [0.05, 0.1) is 5.56 Å². The molecule has 0 fully saturated rings. The Labute approximate surface area is 117 Å². The number of thiocarbonyl (C=S) groups is 1. The minimum atomic E-state index is -4.57. The molecule has 1 aromatic carbocycles. The fourth-order valence-corrected chi connectivity index (χ4v) is 1.78. The van der Waals surface area contributed by atoms with Crippen LogP contribution in [-0.4, -0.2) is 15.2 Å². The van der Waals surface area contributed by atoms with Crippen LogP contribution in [0.25, 0.3) is 0 Å². The molecule has 4 nitrogen and oxygen atoms in total. The van der Waals surface area contributed by atoms with Crippen molar-refractivity contribution in [1.29, 1.82) is 0 Å². The number of hydrogen-bond donors (Lipinski definition) is 2. The molecule has 0 atom stereocenters. The van der Waals surface area contributed by atoms with Gasteiger partial charge >= 0.3 is 6.18 Å². The van der Waals surface area contributed by atoms with E-state index >= 15 is 0 Å². The van der Waals surface area contributed by atoms with E-state index in [4.69, 9.17) is 10.5 Å². The monoisotopic (exact) mass is 301 g/mol. The minimum Gasteiger partial charge on any atom is -0.438 e. The molecule has 0 saturated carbocycles. The lowest BCUT2D eigenvalue weighted by atomic mass is 10.1. The average Bonchev–Trinajstić information content (AvgIpc) is 2.73. The normalized spacial score (nSPS) is 11.4. The van der Waals surface area contributed by atoms with Crippen molar-refractivity contribution in [1.82, 2.24) is 10.2 Å². The van der Waals surface area contributed by atoms with Crippen LogP contribution in [0.5, 0.6) is 11.6 Å². The molecule has 0 amide bonds. The summed E-state index contributed by atoms with van der Waals surface area (Å²) in [7, 11) is 0. The van der Waals surface area contributed by atoms with Gasteiger partial charge in [0, 0.05) is 17.3 Å². The van der Waals surface area contributed by atoms with Gasteiger partial charge in [0.25, 0.3) is 0 Å². The summed E-state index contributed by atoms with van der Waals surface area (Å²) in [4.78, 5) is -0.320. The van der Waals surface area contributed by atoms with E-state index in [9.17, 15) is 13.2 Å². The molecule has 106 valence electrons. The van der Waals surface area contributed by atoms with Crippen molar-refractivity contribution in [3.8, 4) is 11.6 Å². The number of aromatic amines is 1. The Kier molecular flexibility index (Phi) is 3.67. The van der Waals surface area contributed by atoms with Crippen LogP contribution in [0.1, 0.15) is 16.8 Å². The van der Waals surface area contributed by atoms with Gasteiger partial charge < -0.3 is 10.5 Å². The van der Waals surface area contributed by atoms with Crippen LogP contribution in [0.4, 0.5) is 13.2 Å². The number of aromatic nitrogens is 2. The topological polar surface area (TPSA) is 63.9 Å². The van der Waals surface area contributed by atoms with Crippen LogP contribution in [0.2, 0.25) is 0 Å². The first-order valence-corrected chi connectivity index (χ1v) is 5.89. The number of nitrogens with one attached hydrogen (secondary N) is 1. The zero-order chi connectivity index (χ0) is 14.9. The average molecular weight is 301 g/mol. The standard InChI is InChI=1S/C12H10F3N3OS/c1-6-4-10(18-17-6)19-7-2-3-8(11(16)20)9(5-7)12(13,14)15/h2-5H,1H3,(H2,16,20)(H,17,18). The van der Waals surface area contributed by atoms with Crippen molar-refractivity contribution in [2.45, 2.75) is 13.1 Å². The maximum absolute atomic E-state index is 12.9. The number of ether oxygens (including phenoxy) is 1. The Bertz CT molecular complexity index is 652. The van der Waals surface area contributed by atoms with Gasteiger partial charge in [-0.1, -0.05) is 12.2 Å². The third-order valence-corrected chi connectivity index (χ3v) is 2.69. The summed E-state index contributed by atoms with van der Waals surface area (Å²) in [5.41, 5.74) is 4.85. The number of rotatable bonds is 3. The Morgan fingerprint density at radius 2 is 2.05 bits per heavy atom. The van der Waals surface area contributed by atoms with Crippen LogP contribution in [0.3, 0.4) is 0 Å². The molecule has 3 N–H and O–H groups in total. The number of alkyl halides is 3. The zero-order valence-electron chi connectivity index (χ0n) is 10.3. The minimum absolute atomic E-state index is 0.00354. The van der Waals surface area contributed by atoms with E-state index in [1.54, 1.807) is 13.0 Å². The largest absolute Gasteiger partial charge is 0.438 e. The highest BCUT2D eigenvalue weighted by atomic mass is 32.1. The molecular weight excluding hydrogens is 291 g/mol. The second-order valence-electron chi connectivity index (χ2n) is 4.06. The Hall–Kier alpha value is -2.09. The van der Waals surface area contributed by atoms with Crippen LogP contribution < -0.4 is 10.5 Å². The SMILES string of the molecule is Cc1cc(Oc2ccc(C(N)=S)c(C(F)(F)F)c2)n[nH]1. The van der Waals surface area contributed by atoms with Gasteiger partial charge in [0.15, 0.2) is 0 Å². The molecule has 0 unspecified atom stereocenters. The summed E-state index contributed by atoms with van der Waals surface area (Å²) in [5.74, 6) is 0.183. The summed E-state index contributed by atoms with van der Waals surface area (Å²) in [6, 6.07) is 4.95. The second-order valence-corrected chi connectivity index (χ2v) is 4.50. The van der Waals surface area contributed by atoms with Crippen molar-refractivity contribution in [3.05, 3.63) is 41.1 Å². The van der Waals surface area contributed by atoms with Crippen LogP contribution in [0.15, 0.2) is 24.3 Å². The fourth-order valence-electron chi connectivity index (χ4n) is 1.60. The number of H-pyrrole nitrogens is 1. The molecule has 0 aliphatic heterocycles. The van der Waals surface area contributed by atoms with Crippen molar-refractivity contribution < 1.29 is 17.9 Å². The molecule has 2 aromatic rings. The molecule has 1 aromatic heterocycles. The molecule has 0 saturated heterocycles. The molecule has 0 aliphatic rings. The quantitative estimate of drug-likeness (QED) is 0.855. The van der Waals surface area contributed by atoms with Crippen molar-refractivity contribution in [2.24, 2.45) is 5.73 Å². The van der Waals surface area contributed by atoms with Crippen molar-refractivity contribution in [3.63, 3.8) is 0 Å². The molecule has 8 heteroatoms. The predicted octanol–water partition coefficient (Wildman–Crippen LogP) is 3.16. The molecule has 0 aliphatic carbocycles. The Morgan fingerprint density at radius 1 is 1.35 bits per heavy atom. The van der Waals surface area contributed by atoms with Crippen molar-refractivity contribution >= 4 is 17.2 Å². The zero-order valence-corrected chi connectivity index (χ0v) is 11.1. The van der Waals surface area contributed by atoms with Gasteiger partial charge in [-0.2, -0.15) is 13.2 Å². The van der Waals surface area contributed by atoms with Gasteiger partial charge in [-0.15, -0.1) is 5.10 Å². The molecule has 0 bridgehead atoms. The number of halogens is 3. The van der Waals surface area contributed by atoms with Gasteiger partial charge in [-0.25, -0.2) is 0 Å². The van der Waals surface area contributed by atoms with Crippen LogP contribution in [0, 0.1) is 6.92 Å². The highest BCUT2D eigenvalue weighted by Gasteiger charge is 2.34. The summed E-state index contributed by atoms with van der Waals surface area (Å²) in [5, 5.41) is 6.41. The first-order chi connectivity index (χ1) is 9.27. The first kappa shape index (κ1) is 14.3. The van der Waals surface area contributed by atoms with E-state index in [1.165, 1.54) is 12.1 Å². The van der Waals surface area contributed by atoms with Gasteiger partial charge in [0.1, 0.15) is 10.7 Å². The second kappa shape index (κ2) is 5.12. The summed E-state index contributed by atoms with van der Waals surface area (Å²) >= 11 is 4.61. The highest BCUT2D eigenvalue weighted by molar-refractivity contribution is 7.80. The van der Waals surface area contributed by atoms with Crippen LogP contribution in [-0.2, 0) is 6.18 Å². The molecule has 2 rings (SSSR count). The Morgan fingerprint density at radius 3 is 2.55 bits per heavy atom. The summed E-state index contributed by atoms with van der Waals surface area (Å²) in [6.45, 7) is 1.75. The third kappa shape index (κ3) is 3.08. The lowest BCUT2D eigenvalue weighted by Gasteiger charge is -2.13. The first-order valence-electron chi connectivity index (χ1n) is 5.48. The number of nitrogens with two attached hydrogens (primary N) is 1. The van der Waals surface area contributed by atoms with E-state index in [-0.39, 0.29) is 22.2 Å². The van der Waals surface area contributed by atoms with Gasteiger partial charge in [-0.05, 0) is 25.1 Å².